The largest absolute Gasteiger partial charge is 0.490 e. The molecule has 2 aromatic heterocycles. The summed E-state index contributed by atoms with van der Waals surface area (Å²) >= 11 is 0. The van der Waals surface area contributed by atoms with Gasteiger partial charge >= 0.3 is 5.97 Å². The van der Waals surface area contributed by atoms with Crippen LogP contribution in [-0.4, -0.2) is 46.3 Å². The summed E-state index contributed by atoms with van der Waals surface area (Å²) in [5.74, 6) is -0.140. The standard InChI is InChI=1S/C22H24N4O6/c1-5-14(20(27)25-9-10-31-16-8-7-12(3)11-15(16)25)26-13(4)23-19-17(21(26)28)18(24-32-19)22(29)30-6-2/h7-8,11,14H,5-6,9-10H2,1-4H3/t14-/m1/s1. The number of aryl methyl sites for hydroxylation is 2. The van der Waals surface area contributed by atoms with Gasteiger partial charge in [0.05, 0.1) is 18.8 Å². The first-order valence-corrected chi connectivity index (χ1v) is 10.5. The molecule has 10 heteroatoms. The Morgan fingerprint density at radius 2 is 2.03 bits per heavy atom. The molecule has 0 aliphatic carbocycles. The van der Waals surface area contributed by atoms with Crippen LogP contribution in [0.3, 0.4) is 0 Å². The van der Waals surface area contributed by atoms with Crippen molar-refractivity contribution in [3.05, 3.63) is 45.6 Å². The molecule has 0 fully saturated rings. The monoisotopic (exact) mass is 440 g/mol. The molecule has 1 amide bonds. The van der Waals surface area contributed by atoms with Gasteiger partial charge in [-0.3, -0.25) is 14.2 Å². The van der Waals surface area contributed by atoms with Gasteiger partial charge in [0.1, 0.15) is 29.6 Å². The first-order valence-electron chi connectivity index (χ1n) is 10.5. The first-order chi connectivity index (χ1) is 15.4. The van der Waals surface area contributed by atoms with E-state index in [1.807, 2.05) is 32.0 Å². The number of amides is 1. The van der Waals surface area contributed by atoms with Gasteiger partial charge in [-0.1, -0.05) is 18.1 Å². The predicted octanol–water partition coefficient (Wildman–Crippen LogP) is 2.55. The lowest BCUT2D eigenvalue weighted by atomic mass is 10.1. The summed E-state index contributed by atoms with van der Waals surface area (Å²) in [6.45, 7) is 7.83. The number of ether oxygens (including phenoxy) is 2. The summed E-state index contributed by atoms with van der Waals surface area (Å²) in [5.41, 5.74) is 0.760. The summed E-state index contributed by atoms with van der Waals surface area (Å²) in [6.07, 6.45) is 0.339. The average Bonchev–Trinajstić information content (AvgIpc) is 3.20. The molecule has 4 rings (SSSR count). The fourth-order valence-electron chi connectivity index (χ4n) is 3.93. The van der Waals surface area contributed by atoms with Gasteiger partial charge in [-0.25, -0.2) is 4.79 Å². The molecule has 0 saturated heterocycles. The Morgan fingerprint density at radius 3 is 2.75 bits per heavy atom. The zero-order valence-corrected chi connectivity index (χ0v) is 18.4. The van der Waals surface area contributed by atoms with Gasteiger partial charge in [0.2, 0.25) is 11.6 Å². The predicted molar refractivity (Wildman–Crippen MR) is 115 cm³/mol. The van der Waals surface area contributed by atoms with Crippen molar-refractivity contribution < 1.29 is 23.6 Å². The molecule has 168 valence electrons. The lowest BCUT2D eigenvalue weighted by Gasteiger charge is -2.33. The molecule has 1 aliphatic heterocycles. The number of rotatable bonds is 5. The van der Waals surface area contributed by atoms with E-state index in [0.717, 1.165) is 5.56 Å². The highest BCUT2D eigenvalue weighted by Crippen LogP contribution is 2.34. The molecular formula is C22H24N4O6. The van der Waals surface area contributed by atoms with E-state index in [0.29, 0.717) is 31.0 Å². The van der Waals surface area contributed by atoms with Crippen LogP contribution < -0.4 is 15.2 Å². The van der Waals surface area contributed by atoms with E-state index >= 15 is 0 Å². The highest BCUT2D eigenvalue weighted by molar-refractivity contribution is 6.00. The summed E-state index contributed by atoms with van der Waals surface area (Å²) in [7, 11) is 0. The number of nitrogens with zero attached hydrogens (tertiary/aromatic N) is 4. The van der Waals surface area contributed by atoms with Crippen LogP contribution in [0.4, 0.5) is 5.69 Å². The normalized spacial score (nSPS) is 14.1. The van der Waals surface area contributed by atoms with Crippen LogP contribution in [0.25, 0.3) is 11.1 Å². The van der Waals surface area contributed by atoms with Crippen LogP contribution in [0.5, 0.6) is 5.75 Å². The molecule has 0 bridgehead atoms. The number of hydrogen-bond acceptors (Lipinski definition) is 8. The van der Waals surface area contributed by atoms with E-state index in [-0.39, 0.29) is 35.1 Å². The van der Waals surface area contributed by atoms with Gasteiger partial charge in [0, 0.05) is 0 Å². The summed E-state index contributed by atoms with van der Waals surface area (Å²) in [5, 5.41) is 3.58. The minimum atomic E-state index is -0.837. The van der Waals surface area contributed by atoms with Crippen molar-refractivity contribution >= 4 is 28.7 Å². The second-order valence-corrected chi connectivity index (χ2v) is 7.50. The summed E-state index contributed by atoms with van der Waals surface area (Å²) in [6, 6.07) is 4.80. The van der Waals surface area contributed by atoms with Gasteiger partial charge in [0.15, 0.2) is 0 Å². The molecule has 3 heterocycles. The van der Waals surface area contributed by atoms with Gasteiger partial charge in [-0.15, -0.1) is 0 Å². The maximum atomic E-state index is 13.7. The third-order valence-corrected chi connectivity index (χ3v) is 5.41. The SMILES string of the molecule is CCOC(=O)c1noc2nc(C)n([C@H](CC)C(=O)N3CCOc4ccc(C)cc43)c(=O)c12. The molecule has 32 heavy (non-hydrogen) atoms. The van der Waals surface area contributed by atoms with E-state index < -0.39 is 17.6 Å². The quantitative estimate of drug-likeness (QED) is 0.556. The maximum absolute atomic E-state index is 13.7. The van der Waals surface area contributed by atoms with E-state index in [2.05, 4.69) is 10.1 Å². The van der Waals surface area contributed by atoms with Crippen molar-refractivity contribution in [2.45, 2.75) is 40.2 Å². The molecule has 10 nitrogen and oxygen atoms in total. The lowest BCUT2D eigenvalue weighted by Crippen LogP contribution is -2.44. The smallest absolute Gasteiger partial charge is 0.361 e. The van der Waals surface area contributed by atoms with E-state index in [9.17, 15) is 14.4 Å². The Labute approximate surface area is 183 Å². The van der Waals surface area contributed by atoms with Crippen molar-refractivity contribution in [1.82, 2.24) is 14.7 Å². The minimum absolute atomic E-state index is 0.0681. The zero-order valence-electron chi connectivity index (χ0n) is 18.4. The Bertz CT molecular complexity index is 1260. The molecule has 3 aromatic rings. The second kappa shape index (κ2) is 8.45. The third-order valence-electron chi connectivity index (χ3n) is 5.41. The Kier molecular flexibility index (Phi) is 5.68. The van der Waals surface area contributed by atoms with Crippen LogP contribution in [0, 0.1) is 13.8 Å². The number of carbonyl (C=O) groups is 2. The number of aromatic nitrogens is 3. The maximum Gasteiger partial charge on any atom is 0.361 e. The van der Waals surface area contributed by atoms with Crippen molar-refractivity contribution in [2.24, 2.45) is 0 Å². The molecule has 0 saturated carbocycles. The van der Waals surface area contributed by atoms with Crippen molar-refractivity contribution in [1.29, 1.82) is 0 Å². The van der Waals surface area contributed by atoms with Gasteiger partial charge in [0.25, 0.3) is 11.3 Å². The van der Waals surface area contributed by atoms with Crippen LogP contribution in [0.1, 0.15) is 48.2 Å². The molecule has 1 aromatic carbocycles. The zero-order chi connectivity index (χ0) is 23.0. The van der Waals surface area contributed by atoms with Crippen molar-refractivity contribution in [3.8, 4) is 5.75 Å². The fraction of sp³-hybridized carbons (Fsp3) is 0.409. The number of esters is 1. The summed E-state index contributed by atoms with van der Waals surface area (Å²) in [4.78, 5) is 45.3. The summed E-state index contributed by atoms with van der Waals surface area (Å²) < 4.78 is 17.1. The van der Waals surface area contributed by atoms with Crippen molar-refractivity contribution in [3.63, 3.8) is 0 Å². The number of hydrogen-bond donors (Lipinski definition) is 0. The van der Waals surface area contributed by atoms with Gasteiger partial charge < -0.3 is 18.9 Å². The van der Waals surface area contributed by atoms with Gasteiger partial charge in [-0.05, 0) is 44.9 Å². The number of benzene rings is 1. The molecule has 1 aliphatic rings. The minimum Gasteiger partial charge on any atom is -0.490 e. The van der Waals surface area contributed by atoms with E-state index in [1.54, 1.807) is 18.7 Å². The first kappa shape index (κ1) is 21.5. The number of anilines is 1. The molecule has 0 spiro atoms. The van der Waals surface area contributed by atoms with Gasteiger partial charge in [-0.2, -0.15) is 4.98 Å². The third kappa shape index (κ3) is 3.51. The average molecular weight is 440 g/mol. The fourth-order valence-corrected chi connectivity index (χ4v) is 3.93. The Morgan fingerprint density at radius 1 is 1.25 bits per heavy atom. The number of carbonyl (C=O) groups excluding carboxylic acids is 2. The van der Waals surface area contributed by atoms with Crippen LogP contribution >= 0.6 is 0 Å². The number of fused-ring (bicyclic) bond motifs is 2. The Hall–Kier alpha value is -3.69. The second-order valence-electron chi connectivity index (χ2n) is 7.50. The van der Waals surface area contributed by atoms with Crippen molar-refractivity contribution in [2.75, 3.05) is 24.7 Å². The topological polar surface area (TPSA) is 117 Å². The molecule has 0 N–H and O–H groups in total. The Balaban J connectivity index is 1.82. The lowest BCUT2D eigenvalue weighted by molar-refractivity contribution is -0.122. The molecule has 0 unspecified atom stereocenters. The molecular weight excluding hydrogens is 416 g/mol. The highest BCUT2D eigenvalue weighted by Gasteiger charge is 2.33. The van der Waals surface area contributed by atoms with E-state index in [1.165, 1.54) is 4.57 Å². The van der Waals surface area contributed by atoms with Crippen LogP contribution in [0.15, 0.2) is 27.5 Å². The molecule has 1 atom stereocenters. The van der Waals surface area contributed by atoms with Crippen LogP contribution in [0.2, 0.25) is 0 Å². The van der Waals surface area contributed by atoms with Crippen LogP contribution in [-0.2, 0) is 9.53 Å². The van der Waals surface area contributed by atoms with E-state index in [4.69, 9.17) is 14.0 Å². The molecule has 0 radical (unpaired) electrons. The highest BCUT2D eigenvalue weighted by atomic mass is 16.5.